The summed E-state index contributed by atoms with van der Waals surface area (Å²) in [7, 11) is 0. The number of halogens is 1. The van der Waals surface area contributed by atoms with Crippen LogP contribution in [0.1, 0.15) is 36.8 Å². The predicted molar refractivity (Wildman–Crippen MR) is 132 cm³/mol. The molecule has 0 spiro atoms. The Morgan fingerprint density at radius 2 is 1.87 bits per heavy atom. The lowest BCUT2D eigenvalue weighted by Gasteiger charge is -2.14. The van der Waals surface area contributed by atoms with E-state index >= 15 is 0 Å². The number of aryl methyl sites for hydroxylation is 1. The number of benzene rings is 2. The molecule has 1 saturated heterocycles. The third kappa shape index (κ3) is 6.27. The van der Waals surface area contributed by atoms with E-state index in [0.717, 1.165) is 35.0 Å². The van der Waals surface area contributed by atoms with Crippen molar-refractivity contribution in [3.63, 3.8) is 0 Å². The fraction of sp³-hybridized carbons (Fsp3) is 0.261. The van der Waals surface area contributed by atoms with Gasteiger partial charge >= 0.3 is 0 Å². The summed E-state index contributed by atoms with van der Waals surface area (Å²) in [5, 5.41) is 2.91. The van der Waals surface area contributed by atoms with Crippen LogP contribution in [-0.4, -0.2) is 27.6 Å². The quantitative estimate of drug-likeness (QED) is 0.266. The van der Waals surface area contributed by atoms with E-state index in [0.29, 0.717) is 22.2 Å². The molecule has 2 aromatic rings. The fourth-order valence-corrected chi connectivity index (χ4v) is 4.71. The maximum absolute atomic E-state index is 12.7. The van der Waals surface area contributed by atoms with Crippen molar-refractivity contribution in [1.29, 1.82) is 0 Å². The van der Waals surface area contributed by atoms with E-state index < -0.39 is 0 Å². The average molecular weight is 503 g/mol. The van der Waals surface area contributed by atoms with Gasteiger partial charge in [0, 0.05) is 17.4 Å². The normalized spacial score (nSPS) is 15.1. The summed E-state index contributed by atoms with van der Waals surface area (Å²) in [4.78, 5) is 27.1. The molecule has 0 aromatic heterocycles. The highest BCUT2D eigenvalue weighted by molar-refractivity contribution is 9.10. The lowest BCUT2D eigenvalue weighted by atomic mass is 10.1. The second kappa shape index (κ2) is 10.9. The van der Waals surface area contributed by atoms with Gasteiger partial charge in [-0.05, 0) is 59.5 Å². The summed E-state index contributed by atoms with van der Waals surface area (Å²) in [6, 6.07) is 15.6. The highest BCUT2D eigenvalue weighted by Crippen LogP contribution is 2.32. The molecular weight excluding hydrogens is 480 g/mol. The van der Waals surface area contributed by atoms with Crippen LogP contribution in [0.25, 0.3) is 6.08 Å². The number of nitrogens with one attached hydrogen (secondary N) is 1. The Hall–Kier alpha value is -1.96. The number of rotatable bonds is 8. The molecule has 1 heterocycles. The number of unbranched alkanes of at least 4 members (excludes halogenated alkanes) is 2. The van der Waals surface area contributed by atoms with E-state index in [2.05, 4.69) is 21.2 Å². The van der Waals surface area contributed by atoms with E-state index in [4.69, 9.17) is 12.2 Å². The molecule has 1 aliphatic heterocycles. The van der Waals surface area contributed by atoms with Gasteiger partial charge < -0.3 is 5.32 Å². The summed E-state index contributed by atoms with van der Waals surface area (Å²) in [6.45, 7) is 2.62. The van der Waals surface area contributed by atoms with Crippen LogP contribution in [0.2, 0.25) is 0 Å². The van der Waals surface area contributed by atoms with E-state index in [9.17, 15) is 9.59 Å². The second-order valence-electron chi connectivity index (χ2n) is 7.08. The van der Waals surface area contributed by atoms with Gasteiger partial charge in [0.1, 0.15) is 4.32 Å². The van der Waals surface area contributed by atoms with Crippen LogP contribution in [0, 0.1) is 6.92 Å². The van der Waals surface area contributed by atoms with Crippen molar-refractivity contribution in [3.8, 4) is 0 Å². The Morgan fingerprint density at radius 3 is 2.60 bits per heavy atom. The molecule has 2 amide bonds. The van der Waals surface area contributed by atoms with Crippen molar-refractivity contribution in [2.24, 2.45) is 0 Å². The maximum Gasteiger partial charge on any atom is 0.266 e. The van der Waals surface area contributed by atoms with Gasteiger partial charge in [-0.3, -0.25) is 14.5 Å². The summed E-state index contributed by atoms with van der Waals surface area (Å²) in [6.07, 6.45) is 4.78. The average Bonchev–Trinajstić information content (AvgIpc) is 2.98. The number of anilines is 1. The SMILES string of the molecule is Cc1ccc(C=C2SC(=S)N(CCCCCC(=O)Nc3ccccc3Br)C2=O)cc1. The molecule has 0 unspecified atom stereocenters. The Bertz CT molecular complexity index is 973. The van der Waals surface area contributed by atoms with Gasteiger partial charge in [0.05, 0.1) is 10.6 Å². The van der Waals surface area contributed by atoms with Crippen LogP contribution in [-0.2, 0) is 9.59 Å². The van der Waals surface area contributed by atoms with Crippen LogP contribution in [0.4, 0.5) is 5.69 Å². The van der Waals surface area contributed by atoms with Gasteiger partial charge in [-0.1, -0.05) is 72.4 Å². The maximum atomic E-state index is 12.7. The summed E-state index contributed by atoms with van der Waals surface area (Å²) in [5.41, 5.74) is 2.96. The van der Waals surface area contributed by atoms with Crippen molar-refractivity contribution >= 4 is 67.8 Å². The minimum Gasteiger partial charge on any atom is -0.325 e. The zero-order chi connectivity index (χ0) is 21.5. The molecule has 0 radical (unpaired) electrons. The van der Waals surface area contributed by atoms with Crippen LogP contribution in [0.5, 0.6) is 0 Å². The molecule has 7 heteroatoms. The number of carbonyl (C=O) groups is 2. The molecule has 2 aromatic carbocycles. The zero-order valence-electron chi connectivity index (χ0n) is 16.7. The Kier molecular flexibility index (Phi) is 8.24. The van der Waals surface area contributed by atoms with E-state index in [1.54, 1.807) is 4.90 Å². The molecule has 0 aliphatic carbocycles. The molecule has 4 nitrogen and oxygen atoms in total. The first-order valence-electron chi connectivity index (χ1n) is 9.80. The molecule has 1 aliphatic rings. The Morgan fingerprint density at radius 1 is 1.13 bits per heavy atom. The number of thioether (sulfide) groups is 1. The van der Waals surface area contributed by atoms with Crippen LogP contribution in [0.3, 0.4) is 0 Å². The lowest BCUT2D eigenvalue weighted by molar-refractivity contribution is -0.122. The van der Waals surface area contributed by atoms with Crippen LogP contribution >= 0.6 is 39.9 Å². The lowest BCUT2D eigenvalue weighted by Crippen LogP contribution is -2.29. The molecular formula is C23H23BrN2O2S2. The third-order valence-electron chi connectivity index (χ3n) is 4.68. The van der Waals surface area contributed by atoms with Crippen LogP contribution < -0.4 is 5.32 Å². The Labute approximate surface area is 195 Å². The van der Waals surface area contributed by atoms with Crippen molar-refractivity contribution in [3.05, 3.63) is 69.0 Å². The third-order valence-corrected chi connectivity index (χ3v) is 6.75. The summed E-state index contributed by atoms with van der Waals surface area (Å²) >= 11 is 10.2. The van der Waals surface area contributed by atoms with Gasteiger partial charge in [-0.25, -0.2) is 0 Å². The van der Waals surface area contributed by atoms with E-state index in [1.807, 2.05) is 61.5 Å². The largest absolute Gasteiger partial charge is 0.325 e. The molecule has 1 N–H and O–H groups in total. The molecule has 30 heavy (non-hydrogen) atoms. The number of thiocarbonyl (C=S) groups is 1. The molecule has 0 bridgehead atoms. The van der Waals surface area contributed by atoms with Gasteiger partial charge in [0.15, 0.2) is 0 Å². The molecule has 156 valence electrons. The predicted octanol–water partition coefficient (Wildman–Crippen LogP) is 6.16. The highest BCUT2D eigenvalue weighted by Gasteiger charge is 2.31. The number of hydrogen-bond donors (Lipinski definition) is 1. The number of amides is 2. The van der Waals surface area contributed by atoms with Crippen molar-refractivity contribution in [2.45, 2.75) is 32.6 Å². The number of carbonyl (C=O) groups excluding carboxylic acids is 2. The number of nitrogens with zero attached hydrogens (tertiary/aromatic N) is 1. The summed E-state index contributed by atoms with van der Waals surface area (Å²) in [5.74, 6) is -0.0363. The second-order valence-corrected chi connectivity index (χ2v) is 9.61. The number of para-hydroxylation sites is 1. The first-order chi connectivity index (χ1) is 14.4. The molecule has 1 fully saturated rings. The van der Waals surface area contributed by atoms with Gasteiger partial charge in [-0.2, -0.15) is 0 Å². The van der Waals surface area contributed by atoms with Gasteiger partial charge in [0.25, 0.3) is 5.91 Å². The van der Waals surface area contributed by atoms with Crippen molar-refractivity contribution in [2.75, 3.05) is 11.9 Å². The van der Waals surface area contributed by atoms with Crippen LogP contribution in [0.15, 0.2) is 57.9 Å². The van der Waals surface area contributed by atoms with Gasteiger partial charge in [-0.15, -0.1) is 0 Å². The van der Waals surface area contributed by atoms with E-state index in [1.165, 1.54) is 17.3 Å². The van der Waals surface area contributed by atoms with Gasteiger partial charge in [0.2, 0.25) is 5.91 Å². The first-order valence-corrected chi connectivity index (χ1v) is 11.8. The topological polar surface area (TPSA) is 49.4 Å². The minimum atomic E-state index is -0.0303. The fourth-order valence-electron chi connectivity index (χ4n) is 3.01. The van der Waals surface area contributed by atoms with Crippen molar-refractivity contribution in [1.82, 2.24) is 4.90 Å². The monoisotopic (exact) mass is 502 g/mol. The standard InChI is InChI=1S/C23H23BrN2O2S2/c1-16-10-12-17(13-11-16)15-20-22(28)26(23(29)30-20)14-6-2-3-9-21(27)25-19-8-5-4-7-18(19)24/h4-5,7-8,10-13,15H,2-3,6,9,14H2,1H3,(H,25,27). The van der Waals surface area contributed by atoms with E-state index in [-0.39, 0.29) is 11.8 Å². The first kappa shape index (κ1) is 22.7. The highest BCUT2D eigenvalue weighted by atomic mass is 79.9. The van der Waals surface area contributed by atoms with Crippen molar-refractivity contribution < 1.29 is 9.59 Å². The minimum absolute atomic E-state index is 0.00598. The zero-order valence-corrected chi connectivity index (χ0v) is 19.9. The number of hydrogen-bond acceptors (Lipinski definition) is 4. The molecule has 0 saturated carbocycles. The summed E-state index contributed by atoms with van der Waals surface area (Å²) < 4.78 is 1.47. The Balaban J connectivity index is 1.42. The molecule has 0 atom stereocenters. The smallest absolute Gasteiger partial charge is 0.266 e. The molecule has 3 rings (SSSR count).